The number of hydrogen-bond donors (Lipinski definition) is 1. The Bertz CT molecular complexity index is 857. The summed E-state index contributed by atoms with van der Waals surface area (Å²) in [5, 5.41) is 0. The third-order valence-corrected chi connectivity index (χ3v) is 6.21. The van der Waals surface area contributed by atoms with E-state index in [2.05, 4.69) is 25.6 Å². The Morgan fingerprint density at radius 3 is 2.76 bits per heavy atom. The zero-order valence-electron chi connectivity index (χ0n) is 10.6. The molecule has 0 saturated heterocycles. The molecule has 0 aliphatic heterocycles. The highest BCUT2D eigenvalue weighted by Crippen LogP contribution is 2.28. The maximum Gasteiger partial charge on any atom is 0.271 e. The van der Waals surface area contributed by atoms with Crippen molar-refractivity contribution in [3.8, 4) is 5.69 Å². The summed E-state index contributed by atoms with van der Waals surface area (Å²) in [4.78, 5) is 3.97. The predicted molar refractivity (Wildman–Crippen MR) is 86.4 cm³/mol. The molecule has 5 nitrogen and oxygen atoms in total. The normalized spacial score (nSPS) is 11.5. The molecule has 0 aliphatic rings. The molecule has 8 heteroatoms. The largest absolute Gasteiger partial charge is 0.306 e. The Hall–Kier alpha value is -1.64. The third-order valence-electron chi connectivity index (χ3n) is 2.71. The highest BCUT2D eigenvalue weighted by molar-refractivity contribution is 9.11. The summed E-state index contributed by atoms with van der Waals surface area (Å²) < 4.78 is 30.0. The van der Waals surface area contributed by atoms with Crippen molar-refractivity contribution in [1.29, 1.82) is 0 Å². The number of anilines is 1. The van der Waals surface area contributed by atoms with Gasteiger partial charge in [-0.3, -0.25) is 4.72 Å². The van der Waals surface area contributed by atoms with Crippen LogP contribution in [0.4, 0.5) is 5.69 Å². The van der Waals surface area contributed by atoms with Gasteiger partial charge in [-0.05, 0) is 46.3 Å². The lowest BCUT2D eigenvalue weighted by Crippen LogP contribution is -2.11. The minimum absolute atomic E-state index is 0.266. The summed E-state index contributed by atoms with van der Waals surface area (Å²) in [6.45, 7) is 0. The number of thiophene rings is 1. The van der Waals surface area contributed by atoms with Gasteiger partial charge in [0.15, 0.2) is 0 Å². The van der Waals surface area contributed by atoms with Gasteiger partial charge in [0.1, 0.15) is 4.21 Å². The zero-order valence-corrected chi connectivity index (χ0v) is 13.8. The fourth-order valence-electron chi connectivity index (χ4n) is 1.79. The van der Waals surface area contributed by atoms with Crippen LogP contribution in [-0.4, -0.2) is 18.0 Å². The first-order valence-corrected chi connectivity index (χ1v) is 9.00. The molecule has 21 heavy (non-hydrogen) atoms. The molecule has 2 aromatic heterocycles. The van der Waals surface area contributed by atoms with Crippen molar-refractivity contribution in [2.24, 2.45) is 0 Å². The average Bonchev–Trinajstić information content (AvgIpc) is 3.09. The molecule has 108 valence electrons. The number of hydrogen-bond acceptors (Lipinski definition) is 4. The monoisotopic (exact) mass is 383 g/mol. The number of rotatable bonds is 4. The summed E-state index contributed by atoms with van der Waals surface area (Å²) in [5.41, 5.74) is 1.34. The van der Waals surface area contributed by atoms with Crippen LogP contribution >= 0.6 is 27.3 Å². The van der Waals surface area contributed by atoms with Crippen LogP contribution < -0.4 is 4.72 Å². The van der Waals surface area contributed by atoms with E-state index in [0.29, 0.717) is 5.69 Å². The molecule has 3 aromatic rings. The molecule has 0 spiro atoms. The van der Waals surface area contributed by atoms with E-state index >= 15 is 0 Å². The van der Waals surface area contributed by atoms with Crippen molar-refractivity contribution in [2.45, 2.75) is 4.21 Å². The molecule has 1 aromatic carbocycles. The van der Waals surface area contributed by atoms with Crippen LogP contribution in [0, 0.1) is 0 Å². The maximum atomic E-state index is 12.3. The van der Waals surface area contributed by atoms with Gasteiger partial charge in [0.2, 0.25) is 0 Å². The van der Waals surface area contributed by atoms with Gasteiger partial charge >= 0.3 is 0 Å². The highest BCUT2D eigenvalue weighted by atomic mass is 79.9. The molecule has 0 atom stereocenters. The number of aromatic nitrogens is 2. The van der Waals surface area contributed by atoms with Crippen molar-refractivity contribution < 1.29 is 8.42 Å². The summed E-state index contributed by atoms with van der Waals surface area (Å²) in [5.74, 6) is 0. The number of nitrogens with zero attached hydrogens (tertiary/aromatic N) is 2. The zero-order chi connectivity index (χ0) is 14.9. The second-order valence-corrected chi connectivity index (χ2v) is 8.56. The van der Waals surface area contributed by atoms with E-state index in [1.165, 1.54) is 11.3 Å². The molecule has 2 heterocycles. The van der Waals surface area contributed by atoms with Crippen LogP contribution in [0.5, 0.6) is 0 Å². The first-order chi connectivity index (χ1) is 10.0. The molecule has 0 fully saturated rings. The Morgan fingerprint density at radius 2 is 2.10 bits per heavy atom. The van der Waals surface area contributed by atoms with Crippen LogP contribution in [0.3, 0.4) is 0 Å². The first kappa shape index (κ1) is 14.3. The van der Waals surface area contributed by atoms with Gasteiger partial charge < -0.3 is 4.57 Å². The Labute approximate surface area is 134 Å². The van der Waals surface area contributed by atoms with Gasteiger partial charge in [0.05, 0.1) is 15.8 Å². The minimum Gasteiger partial charge on any atom is -0.306 e. The van der Waals surface area contributed by atoms with Crippen molar-refractivity contribution >= 4 is 43.0 Å². The predicted octanol–water partition coefficient (Wildman–Crippen LogP) is 3.50. The lowest BCUT2D eigenvalue weighted by atomic mass is 10.3. The number of nitrogens with one attached hydrogen (secondary N) is 1. The van der Waals surface area contributed by atoms with Crippen LogP contribution in [0.1, 0.15) is 0 Å². The number of imidazole rings is 1. The quantitative estimate of drug-likeness (QED) is 0.749. The Morgan fingerprint density at radius 1 is 1.24 bits per heavy atom. The van der Waals surface area contributed by atoms with Crippen molar-refractivity contribution in [1.82, 2.24) is 9.55 Å². The number of sulfonamides is 1. The van der Waals surface area contributed by atoms with E-state index in [1.54, 1.807) is 53.6 Å². The molecular weight excluding hydrogens is 374 g/mol. The number of benzene rings is 1. The van der Waals surface area contributed by atoms with Crippen LogP contribution in [0.15, 0.2) is 63.1 Å². The molecule has 0 unspecified atom stereocenters. The van der Waals surface area contributed by atoms with E-state index < -0.39 is 10.0 Å². The molecule has 0 aliphatic carbocycles. The summed E-state index contributed by atoms with van der Waals surface area (Å²) in [7, 11) is -3.56. The van der Waals surface area contributed by atoms with Crippen LogP contribution in [-0.2, 0) is 10.0 Å². The van der Waals surface area contributed by atoms with Gasteiger partial charge in [-0.2, -0.15) is 0 Å². The summed E-state index contributed by atoms with van der Waals surface area (Å²) >= 11 is 4.43. The van der Waals surface area contributed by atoms with Crippen LogP contribution in [0.25, 0.3) is 5.69 Å². The van der Waals surface area contributed by atoms with Gasteiger partial charge in [-0.1, -0.05) is 6.07 Å². The maximum absolute atomic E-state index is 12.3. The van der Waals surface area contributed by atoms with Crippen LogP contribution in [0.2, 0.25) is 0 Å². The van der Waals surface area contributed by atoms with Gasteiger partial charge in [0, 0.05) is 18.1 Å². The van der Waals surface area contributed by atoms with E-state index in [-0.39, 0.29) is 4.21 Å². The van der Waals surface area contributed by atoms with E-state index in [4.69, 9.17) is 0 Å². The van der Waals surface area contributed by atoms with Gasteiger partial charge in [-0.25, -0.2) is 13.4 Å². The summed E-state index contributed by atoms with van der Waals surface area (Å²) in [6, 6.07) is 10.4. The molecule has 1 N–H and O–H groups in total. The van der Waals surface area contributed by atoms with E-state index in [0.717, 1.165) is 9.47 Å². The van der Waals surface area contributed by atoms with Crippen molar-refractivity contribution in [3.05, 3.63) is 58.9 Å². The molecule has 0 radical (unpaired) electrons. The SMILES string of the molecule is O=S(=O)(Nc1cccc(-n2ccnc2)c1)c1ccc(Br)s1. The lowest BCUT2D eigenvalue weighted by molar-refractivity contribution is 0.603. The summed E-state index contributed by atoms with van der Waals surface area (Å²) in [6.07, 6.45) is 5.12. The lowest BCUT2D eigenvalue weighted by Gasteiger charge is -2.08. The van der Waals surface area contributed by atoms with Gasteiger partial charge in [0.25, 0.3) is 10.0 Å². The van der Waals surface area contributed by atoms with Crippen molar-refractivity contribution in [2.75, 3.05) is 4.72 Å². The standard InChI is InChI=1S/C13H10BrN3O2S2/c14-12-4-5-13(20-12)21(18,19)16-10-2-1-3-11(8-10)17-7-6-15-9-17/h1-9,16H. The third kappa shape index (κ3) is 3.17. The fourth-order valence-corrected chi connectivity index (χ4v) is 4.85. The average molecular weight is 384 g/mol. The molecule has 0 bridgehead atoms. The molecule has 0 saturated carbocycles. The number of halogens is 1. The molecular formula is C13H10BrN3O2S2. The molecule has 3 rings (SSSR count). The minimum atomic E-state index is -3.56. The first-order valence-electron chi connectivity index (χ1n) is 5.91. The van der Waals surface area contributed by atoms with E-state index in [9.17, 15) is 8.42 Å². The molecule has 0 amide bonds. The van der Waals surface area contributed by atoms with Crippen molar-refractivity contribution in [3.63, 3.8) is 0 Å². The Balaban J connectivity index is 1.90. The van der Waals surface area contributed by atoms with E-state index in [1.807, 2.05) is 6.07 Å². The highest BCUT2D eigenvalue weighted by Gasteiger charge is 2.16. The smallest absolute Gasteiger partial charge is 0.271 e. The Kier molecular flexibility index (Phi) is 3.83. The fraction of sp³-hybridized carbons (Fsp3) is 0. The second-order valence-electron chi connectivity index (χ2n) is 4.18. The van der Waals surface area contributed by atoms with Gasteiger partial charge in [-0.15, -0.1) is 11.3 Å². The second kappa shape index (κ2) is 5.63. The topological polar surface area (TPSA) is 64.0 Å².